The molecule has 2 atom stereocenters. The highest BCUT2D eigenvalue weighted by molar-refractivity contribution is 9.10. The Labute approximate surface area is 125 Å². The van der Waals surface area contributed by atoms with E-state index in [-0.39, 0.29) is 16.6 Å². The molecule has 3 nitrogen and oxygen atoms in total. The number of hydrogen-bond donors (Lipinski definition) is 1. The van der Waals surface area contributed by atoms with Crippen LogP contribution in [0.1, 0.15) is 36.5 Å². The average Bonchev–Trinajstić information content (AvgIpc) is 2.36. The zero-order valence-corrected chi connectivity index (χ0v) is 12.8. The third-order valence-electron chi connectivity index (χ3n) is 3.75. The summed E-state index contributed by atoms with van der Waals surface area (Å²) in [4.78, 5) is 14.0. The van der Waals surface area contributed by atoms with E-state index in [2.05, 4.69) is 15.9 Å². The van der Waals surface area contributed by atoms with Crippen molar-refractivity contribution in [2.24, 2.45) is 5.73 Å². The van der Waals surface area contributed by atoms with Gasteiger partial charge in [-0.05, 0) is 38.3 Å². The van der Waals surface area contributed by atoms with Gasteiger partial charge in [0.15, 0.2) is 0 Å². The van der Waals surface area contributed by atoms with Crippen LogP contribution < -0.4 is 5.73 Å². The normalized spacial score (nSPS) is 22.9. The number of carbonyl (C=O) groups is 1. The summed E-state index contributed by atoms with van der Waals surface area (Å²) in [5, 5.41) is 0. The third-order valence-corrected chi connectivity index (χ3v) is 4.21. The fourth-order valence-electron chi connectivity index (χ4n) is 2.76. The van der Waals surface area contributed by atoms with E-state index in [0.29, 0.717) is 6.54 Å². The molecule has 0 saturated carbocycles. The van der Waals surface area contributed by atoms with Crippen molar-refractivity contribution in [3.8, 4) is 0 Å². The van der Waals surface area contributed by atoms with E-state index < -0.39 is 23.1 Å². The second-order valence-electron chi connectivity index (χ2n) is 5.13. The lowest BCUT2D eigenvalue weighted by Crippen LogP contribution is -2.52. The van der Waals surface area contributed by atoms with Crippen LogP contribution in [0.25, 0.3) is 0 Å². The van der Waals surface area contributed by atoms with Crippen molar-refractivity contribution in [1.29, 1.82) is 0 Å². The maximum Gasteiger partial charge on any atom is 0.260 e. The Morgan fingerprint density at radius 3 is 2.55 bits per heavy atom. The minimum absolute atomic E-state index is 0.0627. The minimum atomic E-state index is -0.851. The van der Waals surface area contributed by atoms with Crippen LogP contribution in [-0.4, -0.2) is 29.4 Å². The van der Waals surface area contributed by atoms with Crippen molar-refractivity contribution in [1.82, 2.24) is 4.90 Å². The number of nitrogens with zero attached hydrogens (tertiary/aromatic N) is 1. The largest absolute Gasteiger partial charge is 0.332 e. The number of hydrogen-bond acceptors (Lipinski definition) is 2. The van der Waals surface area contributed by atoms with E-state index in [1.54, 1.807) is 0 Å². The number of benzene rings is 1. The molecule has 2 unspecified atom stereocenters. The molecule has 1 heterocycles. The lowest BCUT2D eigenvalue weighted by Gasteiger charge is -2.40. The molecule has 1 aliphatic rings. The number of piperidine rings is 1. The first-order valence-electron chi connectivity index (χ1n) is 6.63. The maximum absolute atomic E-state index is 13.9. The lowest BCUT2D eigenvalue weighted by atomic mass is 9.95. The lowest BCUT2D eigenvalue weighted by molar-refractivity contribution is 0.0484. The molecule has 2 rings (SSSR count). The first kappa shape index (κ1) is 15.4. The van der Waals surface area contributed by atoms with Gasteiger partial charge in [-0.2, -0.15) is 0 Å². The molecule has 6 heteroatoms. The number of rotatable bonds is 2. The summed E-state index contributed by atoms with van der Waals surface area (Å²) in [6, 6.07) is 1.98. The quantitative estimate of drug-likeness (QED) is 0.894. The molecule has 2 N–H and O–H groups in total. The van der Waals surface area contributed by atoms with E-state index >= 15 is 0 Å². The van der Waals surface area contributed by atoms with Gasteiger partial charge in [0.25, 0.3) is 5.91 Å². The van der Waals surface area contributed by atoms with Crippen LogP contribution in [0.15, 0.2) is 16.6 Å². The smallest absolute Gasteiger partial charge is 0.260 e. The van der Waals surface area contributed by atoms with Gasteiger partial charge in [-0.15, -0.1) is 0 Å². The highest BCUT2D eigenvalue weighted by atomic mass is 79.9. The standard InChI is InChI=1S/C14H17BrF2N2O/c1-8-3-2-4-10(7-18)19(8)14(20)13-11(16)5-9(15)6-12(13)17/h5-6,8,10H,2-4,7,18H2,1H3. The average molecular weight is 347 g/mol. The predicted octanol–water partition coefficient (Wildman–Crippen LogP) is 3.07. The molecule has 0 radical (unpaired) electrons. The highest BCUT2D eigenvalue weighted by Gasteiger charge is 2.34. The number of nitrogens with two attached hydrogens (primary N) is 1. The van der Waals surface area contributed by atoms with Gasteiger partial charge in [-0.3, -0.25) is 4.79 Å². The van der Waals surface area contributed by atoms with Crippen molar-refractivity contribution in [2.45, 2.75) is 38.3 Å². The molecule has 1 aliphatic heterocycles. The summed E-state index contributed by atoms with van der Waals surface area (Å²) in [5.41, 5.74) is 5.18. The molecular weight excluding hydrogens is 330 g/mol. The first-order valence-corrected chi connectivity index (χ1v) is 7.42. The Morgan fingerprint density at radius 2 is 2.00 bits per heavy atom. The predicted molar refractivity (Wildman–Crippen MR) is 76.4 cm³/mol. The molecule has 1 aromatic rings. The van der Waals surface area contributed by atoms with Gasteiger partial charge in [0, 0.05) is 23.1 Å². The summed E-state index contributed by atoms with van der Waals surface area (Å²) < 4.78 is 28.1. The van der Waals surface area contributed by atoms with Crippen molar-refractivity contribution in [3.05, 3.63) is 33.8 Å². The van der Waals surface area contributed by atoms with Gasteiger partial charge in [-0.1, -0.05) is 15.9 Å². The molecule has 0 bridgehead atoms. The van der Waals surface area contributed by atoms with Gasteiger partial charge in [-0.25, -0.2) is 8.78 Å². The Balaban J connectivity index is 2.39. The second-order valence-corrected chi connectivity index (χ2v) is 6.04. The second kappa shape index (κ2) is 6.18. The number of halogens is 3. The molecule has 110 valence electrons. The highest BCUT2D eigenvalue weighted by Crippen LogP contribution is 2.27. The fourth-order valence-corrected chi connectivity index (χ4v) is 3.16. The van der Waals surface area contributed by atoms with Gasteiger partial charge >= 0.3 is 0 Å². The van der Waals surface area contributed by atoms with E-state index in [1.807, 2.05) is 6.92 Å². The van der Waals surface area contributed by atoms with Crippen LogP contribution in [0.3, 0.4) is 0 Å². The van der Waals surface area contributed by atoms with Crippen molar-refractivity contribution < 1.29 is 13.6 Å². The van der Waals surface area contributed by atoms with Crippen LogP contribution in [0.2, 0.25) is 0 Å². The van der Waals surface area contributed by atoms with Crippen LogP contribution >= 0.6 is 15.9 Å². The van der Waals surface area contributed by atoms with Gasteiger partial charge in [0.05, 0.1) is 0 Å². The summed E-state index contributed by atoms with van der Waals surface area (Å²) in [5.74, 6) is -2.32. The number of carbonyl (C=O) groups excluding carboxylic acids is 1. The summed E-state index contributed by atoms with van der Waals surface area (Å²) in [7, 11) is 0. The number of likely N-dealkylation sites (tertiary alicyclic amines) is 1. The van der Waals surface area contributed by atoms with E-state index in [4.69, 9.17) is 5.73 Å². The maximum atomic E-state index is 13.9. The van der Waals surface area contributed by atoms with Crippen molar-refractivity contribution in [3.63, 3.8) is 0 Å². The van der Waals surface area contributed by atoms with Crippen molar-refractivity contribution in [2.75, 3.05) is 6.54 Å². The van der Waals surface area contributed by atoms with Gasteiger partial charge in [0.2, 0.25) is 0 Å². The van der Waals surface area contributed by atoms with E-state index in [0.717, 1.165) is 31.4 Å². The number of amides is 1. The van der Waals surface area contributed by atoms with E-state index in [9.17, 15) is 13.6 Å². The van der Waals surface area contributed by atoms with Gasteiger partial charge in [0.1, 0.15) is 17.2 Å². The monoisotopic (exact) mass is 346 g/mol. The molecule has 0 aliphatic carbocycles. The molecule has 20 heavy (non-hydrogen) atoms. The molecule has 1 amide bonds. The SMILES string of the molecule is CC1CCCC(CN)N1C(=O)c1c(F)cc(Br)cc1F. The van der Waals surface area contributed by atoms with Crippen LogP contribution in [0.4, 0.5) is 8.78 Å². The first-order chi connectivity index (χ1) is 9.45. The van der Waals surface area contributed by atoms with Crippen LogP contribution in [0, 0.1) is 11.6 Å². The van der Waals surface area contributed by atoms with E-state index in [1.165, 1.54) is 4.90 Å². The zero-order valence-electron chi connectivity index (χ0n) is 11.2. The summed E-state index contributed by atoms with van der Waals surface area (Å²) in [6.45, 7) is 2.18. The molecule has 1 aromatic carbocycles. The van der Waals surface area contributed by atoms with Crippen LogP contribution in [0.5, 0.6) is 0 Å². The Morgan fingerprint density at radius 1 is 1.40 bits per heavy atom. The Bertz CT molecular complexity index is 501. The summed E-state index contributed by atoms with van der Waals surface area (Å²) >= 11 is 3.00. The fraction of sp³-hybridized carbons (Fsp3) is 0.500. The van der Waals surface area contributed by atoms with Crippen molar-refractivity contribution >= 4 is 21.8 Å². The zero-order chi connectivity index (χ0) is 14.9. The van der Waals surface area contributed by atoms with Gasteiger partial charge < -0.3 is 10.6 Å². The Kier molecular flexibility index (Phi) is 4.75. The topological polar surface area (TPSA) is 46.3 Å². The molecular formula is C14H17BrF2N2O. The molecule has 0 aromatic heterocycles. The van der Waals surface area contributed by atoms with Crippen LogP contribution in [-0.2, 0) is 0 Å². The Hall–Kier alpha value is -1.01. The third kappa shape index (κ3) is 2.86. The summed E-state index contributed by atoms with van der Waals surface area (Å²) in [6.07, 6.45) is 2.56. The molecule has 1 fully saturated rings. The molecule has 1 saturated heterocycles. The minimum Gasteiger partial charge on any atom is -0.332 e. The molecule has 0 spiro atoms.